The predicted molar refractivity (Wildman–Crippen MR) is 203 cm³/mol. The van der Waals surface area contributed by atoms with Crippen molar-refractivity contribution in [2.45, 2.75) is 0 Å². The molecule has 52 heavy (non-hydrogen) atoms. The highest BCUT2D eigenvalue weighted by Gasteiger charge is 2.34. The van der Waals surface area contributed by atoms with Crippen molar-refractivity contribution in [3.63, 3.8) is 0 Å². The largest absolute Gasteiger partial charge is 0.508 e. The van der Waals surface area contributed by atoms with E-state index in [0.29, 0.717) is 0 Å². The lowest BCUT2D eigenvalue weighted by molar-refractivity contribution is -0.673. The summed E-state index contributed by atoms with van der Waals surface area (Å²) in [4.78, 5) is 22.4. The lowest BCUT2D eigenvalue weighted by Gasteiger charge is -2.22. The molecule has 8 bridgehead atoms. The number of aliphatic imine (C=N–C) groups is 2. The smallest absolute Gasteiger partial charge is 0.297 e. The van der Waals surface area contributed by atoms with Gasteiger partial charge in [0.05, 0.1) is 53.8 Å². The van der Waals surface area contributed by atoms with Crippen molar-refractivity contribution in [3.8, 4) is 11.5 Å². The maximum Gasteiger partial charge on any atom is 0.297 e. The van der Waals surface area contributed by atoms with E-state index in [0.717, 1.165) is 90.7 Å². The zero-order chi connectivity index (χ0) is 35.7. The van der Waals surface area contributed by atoms with Gasteiger partial charge >= 0.3 is 0 Å². The van der Waals surface area contributed by atoms with Gasteiger partial charge < -0.3 is 25.0 Å². The zero-order valence-corrected chi connectivity index (χ0v) is 29.1. The lowest BCUT2D eigenvalue weighted by atomic mass is 9.99. The summed E-state index contributed by atoms with van der Waals surface area (Å²) < 4.78 is 4.20. The third-order valence-corrected chi connectivity index (χ3v) is 9.88. The molecule has 254 valence electrons. The Morgan fingerprint density at radius 3 is 1.79 bits per heavy atom. The molecule has 2 aromatic heterocycles. The van der Waals surface area contributed by atoms with Gasteiger partial charge in [-0.05, 0) is 71.8 Å². The van der Waals surface area contributed by atoms with Crippen molar-refractivity contribution in [2.75, 3.05) is 14.1 Å². The molecule has 0 saturated heterocycles. The Balaban J connectivity index is 1.38. The number of fused-ring (bicyclic) bond motifs is 5. The molecule has 0 saturated carbocycles. The maximum absolute atomic E-state index is 10.2. The number of phenols is 2. The summed E-state index contributed by atoms with van der Waals surface area (Å²) >= 11 is 0. The molecule has 2 aromatic carbocycles. The number of aryl methyl sites for hydroxylation is 2. The van der Waals surface area contributed by atoms with E-state index in [2.05, 4.69) is 77.5 Å². The number of hydrogen-bond acceptors (Lipinski definition) is 6. The number of aromatic nitrogens is 3. The van der Waals surface area contributed by atoms with Crippen molar-refractivity contribution in [1.29, 1.82) is 0 Å². The van der Waals surface area contributed by atoms with Crippen LogP contribution in [0.15, 0.2) is 155 Å². The Hall–Kier alpha value is -6.94. The Morgan fingerprint density at radius 2 is 1.19 bits per heavy atom. The number of allylic oxidation sites excluding steroid dienone is 9. The van der Waals surface area contributed by atoms with E-state index in [1.165, 1.54) is 0 Å². The number of hydrogen-bond donors (Lipinski definition) is 4. The monoisotopic (exact) mass is 684 g/mol. The minimum Gasteiger partial charge on any atom is -0.508 e. The second-order valence-corrected chi connectivity index (χ2v) is 13.3. The third-order valence-electron chi connectivity index (χ3n) is 9.88. The van der Waals surface area contributed by atoms with E-state index in [1.807, 2.05) is 77.2 Å². The zero-order valence-electron chi connectivity index (χ0n) is 29.1. The summed E-state index contributed by atoms with van der Waals surface area (Å²) in [6, 6.07) is 18.7. The van der Waals surface area contributed by atoms with E-state index in [9.17, 15) is 10.2 Å². The summed E-state index contributed by atoms with van der Waals surface area (Å²) in [5, 5.41) is 20.4. The average molecular weight is 685 g/mol. The standard InChI is InChI=1S/C42H34N8O2/c1-47-21-22-48(2)41(47)39-33-17-13-29(43-33)37(25-5-9-27(51)10-6-25)31-15-19-35(45-31)40(42-49(3)23-24-50(42)4)36-20-16-32(46-36)38(30-14-18-34(39)44-30)26-7-11-28(52)12-8-26/h5-24H,1-4H3,(H2-,43,44,45,46,51,52)/p+2. The number of H-pyrrole nitrogens is 1. The predicted octanol–water partition coefficient (Wildman–Crippen LogP) is 4.31. The van der Waals surface area contributed by atoms with Gasteiger partial charge in [0.1, 0.15) is 29.7 Å². The van der Waals surface area contributed by atoms with Crippen LogP contribution in [0.2, 0.25) is 0 Å². The first kappa shape index (κ1) is 31.1. The summed E-state index contributed by atoms with van der Waals surface area (Å²) in [6.07, 6.45) is 20.6. The maximum atomic E-state index is 10.2. The number of phenolic OH excluding ortho intramolecular Hbond substituents is 2. The van der Waals surface area contributed by atoms with Crippen LogP contribution in [-0.2, 0) is 14.1 Å². The first-order valence-electron chi connectivity index (χ1n) is 17.0. The first-order chi connectivity index (χ1) is 25.2. The van der Waals surface area contributed by atoms with Crippen molar-refractivity contribution in [3.05, 3.63) is 173 Å². The number of nitrogens with zero attached hydrogens (tertiary/aromatic N) is 6. The van der Waals surface area contributed by atoms with E-state index < -0.39 is 0 Å². The molecular formula is C42H36N8O2+2. The highest BCUT2D eigenvalue weighted by Crippen LogP contribution is 2.37. The molecule has 4 N–H and O–H groups in total. The summed E-state index contributed by atoms with van der Waals surface area (Å²) in [5.74, 6) is 2.34. The van der Waals surface area contributed by atoms with Crippen molar-refractivity contribution in [2.24, 2.45) is 24.1 Å². The van der Waals surface area contributed by atoms with Gasteiger partial charge in [0.15, 0.2) is 5.57 Å². The van der Waals surface area contributed by atoms with Crippen molar-refractivity contribution >= 4 is 39.4 Å². The van der Waals surface area contributed by atoms with Crippen LogP contribution in [0.3, 0.4) is 0 Å². The third kappa shape index (κ3) is 5.03. The molecule has 5 aliphatic rings. The van der Waals surface area contributed by atoms with E-state index >= 15 is 0 Å². The van der Waals surface area contributed by atoms with Crippen LogP contribution in [0.1, 0.15) is 28.3 Å². The van der Waals surface area contributed by atoms with Crippen molar-refractivity contribution in [1.82, 2.24) is 19.4 Å². The molecule has 0 atom stereocenters. The average Bonchev–Trinajstić information content (AvgIpc) is 4.00. The van der Waals surface area contributed by atoms with Gasteiger partial charge in [-0.2, -0.15) is 0 Å². The molecule has 9 rings (SSSR count). The molecule has 0 fully saturated rings. The fourth-order valence-electron chi connectivity index (χ4n) is 7.43. The van der Waals surface area contributed by atoms with Gasteiger partial charge in [-0.1, -0.05) is 24.3 Å². The molecule has 4 aromatic rings. The SMILES string of the molecule is CN1C=CN(C)C1=C1C2=NC(=C(c3ccc(O)cc3)C3=[NH+]C(=C(c4n(C)cc[n+]4C)C4=NC(=C(c5ccc(O)cc5)c5ccc1[nH]5)C=C4)C=C3)C=C2. The molecule has 0 unspecified atom stereocenters. The normalized spacial score (nSPS) is 17.8. The number of imidazole rings is 1. The van der Waals surface area contributed by atoms with Crippen LogP contribution in [0, 0.1) is 0 Å². The number of aromatic hydroxyl groups is 2. The molecule has 5 aliphatic heterocycles. The minimum absolute atomic E-state index is 0.198. The van der Waals surface area contributed by atoms with Crippen LogP contribution < -0.4 is 9.56 Å². The van der Waals surface area contributed by atoms with Crippen LogP contribution in [0.4, 0.5) is 0 Å². The van der Waals surface area contributed by atoms with Gasteiger partial charge in [0, 0.05) is 49.9 Å². The summed E-state index contributed by atoms with van der Waals surface area (Å²) in [7, 11) is 8.14. The second kappa shape index (κ2) is 11.8. The quantitative estimate of drug-likeness (QED) is 0.241. The molecule has 10 heteroatoms. The highest BCUT2D eigenvalue weighted by atomic mass is 16.3. The first-order valence-corrected chi connectivity index (χ1v) is 17.0. The molecule has 0 radical (unpaired) electrons. The van der Waals surface area contributed by atoms with Crippen LogP contribution in [-0.4, -0.2) is 60.8 Å². The molecule has 0 aliphatic carbocycles. The summed E-state index contributed by atoms with van der Waals surface area (Å²) in [5.41, 5.74) is 12.2. The second-order valence-electron chi connectivity index (χ2n) is 13.3. The van der Waals surface area contributed by atoms with E-state index in [4.69, 9.17) is 9.98 Å². The number of rotatable bonds is 3. The number of benzene rings is 2. The topological polar surface area (TPSA) is 110 Å². The van der Waals surface area contributed by atoms with Crippen LogP contribution in [0.5, 0.6) is 11.5 Å². The Bertz CT molecular complexity index is 2520. The van der Waals surface area contributed by atoms with Gasteiger partial charge in [0.2, 0.25) is 11.4 Å². The number of aromatic amines is 1. The van der Waals surface area contributed by atoms with Gasteiger partial charge in [0.25, 0.3) is 5.82 Å². The Kier molecular flexibility index (Phi) is 7.08. The molecular weight excluding hydrogens is 649 g/mol. The Morgan fingerprint density at radius 1 is 0.635 bits per heavy atom. The molecule has 0 spiro atoms. The molecule has 10 nitrogen and oxygen atoms in total. The van der Waals surface area contributed by atoms with E-state index in [1.54, 1.807) is 24.3 Å². The minimum atomic E-state index is 0.198. The van der Waals surface area contributed by atoms with Gasteiger partial charge in [-0.25, -0.2) is 24.1 Å². The fourth-order valence-corrected chi connectivity index (χ4v) is 7.43. The van der Waals surface area contributed by atoms with Crippen LogP contribution >= 0.6 is 0 Å². The van der Waals surface area contributed by atoms with Gasteiger partial charge in [-0.15, -0.1) is 0 Å². The number of nitrogens with one attached hydrogen (secondary N) is 2. The lowest BCUT2D eigenvalue weighted by Crippen LogP contribution is -2.68. The van der Waals surface area contributed by atoms with Crippen LogP contribution in [0.25, 0.3) is 22.3 Å². The molecule has 7 heterocycles. The van der Waals surface area contributed by atoms with Gasteiger partial charge in [-0.3, -0.25) is 0 Å². The summed E-state index contributed by atoms with van der Waals surface area (Å²) in [6.45, 7) is 0. The van der Waals surface area contributed by atoms with Crippen molar-refractivity contribution < 1.29 is 19.8 Å². The Labute approximate surface area is 300 Å². The highest BCUT2D eigenvalue weighted by molar-refractivity contribution is 6.35. The molecule has 0 amide bonds. The fraction of sp³-hybridized carbons (Fsp3) is 0.0952. The van der Waals surface area contributed by atoms with E-state index in [-0.39, 0.29) is 11.5 Å².